The van der Waals surface area contributed by atoms with Crippen molar-refractivity contribution in [3.05, 3.63) is 49.4 Å². The molecule has 0 spiro atoms. The molecule has 0 aliphatic carbocycles. The molecule has 0 radical (unpaired) electrons. The zero-order valence-corrected chi connectivity index (χ0v) is 10.0. The first-order valence-electron chi connectivity index (χ1n) is 5.03. The Kier molecular flexibility index (Phi) is 2.83. The maximum absolute atomic E-state index is 11.0. The van der Waals surface area contributed by atoms with Crippen LogP contribution < -0.4 is 4.87 Å². The molecule has 84 valence electrons. The molecule has 3 nitrogen and oxygen atoms in total. The van der Waals surface area contributed by atoms with Gasteiger partial charge in [0, 0.05) is 6.42 Å². The molecule has 2 N–H and O–H groups in total. The van der Waals surface area contributed by atoms with Gasteiger partial charge >= 0.3 is 4.87 Å². The molecule has 1 heterocycles. The number of aromatic hydroxyl groups is 1. The van der Waals surface area contributed by atoms with Crippen molar-refractivity contribution in [3.8, 4) is 5.88 Å². The smallest absolute Gasteiger partial charge is 0.307 e. The van der Waals surface area contributed by atoms with Crippen LogP contribution in [0, 0.1) is 13.8 Å². The van der Waals surface area contributed by atoms with Gasteiger partial charge in [-0.3, -0.25) is 9.78 Å². The second-order valence-electron chi connectivity index (χ2n) is 3.88. The Morgan fingerprint density at radius 1 is 1.31 bits per heavy atom. The molecule has 1 aromatic carbocycles. The standard InChI is InChI=1S/C12H13NO2S/c1-7-3-4-9(5-8(7)2)6-10-11(14)13-12(15)16-10/h3-5,14H,6H2,1-2H3,(H,13,15). The highest BCUT2D eigenvalue weighted by atomic mass is 32.1. The van der Waals surface area contributed by atoms with Crippen LogP contribution >= 0.6 is 11.3 Å². The highest BCUT2D eigenvalue weighted by molar-refractivity contribution is 7.09. The normalized spacial score (nSPS) is 10.6. The number of thiazole rings is 1. The third-order valence-corrected chi connectivity index (χ3v) is 3.51. The van der Waals surface area contributed by atoms with Crippen molar-refractivity contribution in [2.45, 2.75) is 20.3 Å². The Balaban J connectivity index is 2.30. The second kappa shape index (κ2) is 4.14. The molecular weight excluding hydrogens is 222 g/mol. The van der Waals surface area contributed by atoms with Crippen LogP contribution in [0.15, 0.2) is 23.0 Å². The Bertz CT molecular complexity index is 569. The Labute approximate surface area is 97.4 Å². The van der Waals surface area contributed by atoms with Crippen molar-refractivity contribution in [1.82, 2.24) is 4.98 Å². The van der Waals surface area contributed by atoms with Crippen LogP contribution in [0.25, 0.3) is 0 Å². The first kappa shape index (κ1) is 11.0. The van der Waals surface area contributed by atoms with E-state index in [-0.39, 0.29) is 10.8 Å². The zero-order valence-electron chi connectivity index (χ0n) is 9.20. The summed E-state index contributed by atoms with van der Waals surface area (Å²) in [7, 11) is 0. The molecule has 0 atom stereocenters. The molecule has 1 aromatic heterocycles. The summed E-state index contributed by atoms with van der Waals surface area (Å²) in [4.78, 5) is 13.9. The molecule has 4 heteroatoms. The quantitative estimate of drug-likeness (QED) is 0.839. The topological polar surface area (TPSA) is 53.1 Å². The molecule has 0 aliphatic rings. The second-order valence-corrected chi connectivity index (χ2v) is 4.95. The fourth-order valence-corrected chi connectivity index (χ4v) is 2.33. The largest absolute Gasteiger partial charge is 0.494 e. The number of aromatic nitrogens is 1. The Hall–Kier alpha value is -1.55. The molecule has 0 saturated heterocycles. The summed E-state index contributed by atoms with van der Waals surface area (Å²) in [5.41, 5.74) is 3.57. The van der Waals surface area contributed by atoms with Gasteiger partial charge in [0.1, 0.15) is 0 Å². The van der Waals surface area contributed by atoms with Crippen molar-refractivity contribution in [3.63, 3.8) is 0 Å². The van der Waals surface area contributed by atoms with Crippen LogP contribution in [0.4, 0.5) is 0 Å². The van der Waals surface area contributed by atoms with Gasteiger partial charge in [0.05, 0.1) is 4.88 Å². The van der Waals surface area contributed by atoms with Gasteiger partial charge in [0.2, 0.25) is 5.88 Å². The molecule has 2 aromatic rings. The minimum Gasteiger partial charge on any atom is -0.494 e. The van der Waals surface area contributed by atoms with Gasteiger partial charge in [-0.05, 0) is 30.5 Å². The molecule has 0 saturated carbocycles. The van der Waals surface area contributed by atoms with Gasteiger partial charge in [-0.15, -0.1) is 0 Å². The maximum atomic E-state index is 11.0. The minimum atomic E-state index is -0.212. The molecule has 0 aliphatic heterocycles. The molecule has 0 amide bonds. The van der Waals surface area contributed by atoms with E-state index in [2.05, 4.69) is 31.0 Å². The van der Waals surface area contributed by atoms with E-state index >= 15 is 0 Å². The van der Waals surface area contributed by atoms with Gasteiger partial charge in [0.15, 0.2) is 0 Å². The summed E-state index contributed by atoms with van der Waals surface area (Å²) in [5.74, 6) is -0.00627. The van der Waals surface area contributed by atoms with E-state index < -0.39 is 0 Å². The average Bonchev–Trinajstić information content (AvgIpc) is 2.51. The number of nitrogens with one attached hydrogen (secondary N) is 1. The molecule has 0 bridgehead atoms. The third kappa shape index (κ3) is 2.17. The average molecular weight is 235 g/mol. The number of rotatable bonds is 2. The number of hydrogen-bond donors (Lipinski definition) is 2. The first-order chi connectivity index (χ1) is 7.56. The van der Waals surface area contributed by atoms with Crippen LogP contribution in [0.1, 0.15) is 21.6 Å². The summed E-state index contributed by atoms with van der Waals surface area (Å²) in [6.45, 7) is 4.11. The van der Waals surface area contributed by atoms with E-state index in [1.807, 2.05) is 6.07 Å². The van der Waals surface area contributed by atoms with Gasteiger partial charge in [-0.25, -0.2) is 0 Å². The van der Waals surface area contributed by atoms with Crippen molar-refractivity contribution < 1.29 is 5.11 Å². The summed E-state index contributed by atoms with van der Waals surface area (Å²) in [6, 6.07) is 6.15. The molecule has 16 heavy (non-hydrogen) atoms. The lowest BCUT2D eigenvalue weighted by atomic mass is 10.0. The lowest BCUT2D eigenvalue weighted by Gasteiger charge is -2.03. The monoisotopic (exact) mass is 235 g/mol. The highest BCUT2D eigenvalue weighted by Crippen LogP contribution is 2.21. The summed E-state index contributed by atoms with van der Waals surface area (Å²) >= 11 is 1.06. The summed E-state index contributed by atoms with van der Waals surface area (Å²) < 4.78 is 0. The number of aryl methyl sites for hydroxylation is 2. The van der Waals surface area contributed by atoms with E-state index in [1.54, 1.807) is 0 Å². The number of hydrogen-bond acceptors (Lipinski definition) is 3. The van der Waals surface area contributed by atoms with Gasteiger partial charge in [-0.2, -0.15) is 0 Å². The highest BCUT2D eigenvalue weighted by Gasteiger charge is 2.07. The van der Waals surface area contributed by atoms with E-state index in [9.17, 15) is 9.90 Å². The summed E-state index contributed by atoms with van der Waals surface area (Å²) in [6.07, 6.45) is 0.594. The lowest BCUT2D eigenvalue weighted by molar-refractivity contribution is 0.451. The first-order valence-corrected chi connectivity index (χ1v) is 5.85. The van der Waals surface area contributed by atoms with E-state index in [0.29, 0.717) is 11.3 Å². The number of H-pyrrole nitrogens is 1. The van der Waals surface area contributed by atoms with E-state index in [0.717, 1.165) is 16.9 Å². The van der Waals surface area contributed by atoms with Crippen LogP contribution in [0.2, 0.25) is 0 Å². The predicted octanol–water partition coefficient (Wildman–Crippen LogP) is 2.35. The molecular formula is C12H13NO2S. The van der Waals surface area contributed by atoms with Crippen LogP contribution in [-0.2, 0) is 6.42 Å². The van der Waals surface area contributed by atoms with Crippen molar-refractivity contribution in [1.29, 1.82) is 0 Å². The van der Waals surface area contributed by atoms with Crippen molar-refractivity contribution in [2.24, 2.45) is 0 Å². The maximum Gasteiger partial charge on any atom is 0.307 e. The van der Waals surface area contributed by atoms with Gasteiger partial charge < -0.3 is 5.11 Å². The van der Waals surface area contributed by atoms with Crippen LogP contribution in [0.5, 0.6) is 5.88 Å². The summed E-state index contributed by atoms with van der Waals surface area (Å²) in [5, 5.41) is 9.47. The lowest BCUT2D eigenvalue weighted by Crippen LogP contribution is -1.89. The SMILES string of the molecule is Cc1ccc(Cc2sc(=O)[nH]c2O)cc1C. The minimum absolute atomic E-state index is 0.00627. The van der Waals surface area contributed by atoms with Crippen LogP contribution in [0.3, 0.4) is 0 Å². The van der Waals surface area contributed by atoms with Crippen LogP contribution in [-0.4, -0.2) is 10.1 Å². The number of benzene rings is 1. The molecule has 0 fully saturated rings. The van der Waals surface area contributed by atoms with Crippen molar-refractivity contribution >= 4 is 11.3 Å². The van der Waals surface area contributed by atoms with Gasteiger partial charge in [-0.1, -0.05) is 29.5 Å². The van der Waals surface area contributed by atoms with E-state index in [4.69, 9.17) is 0 Å². The number of aromatic amines is 1. The fourth-order valence-electron chi connectivity index (χ4n) is 1.57. The Morgan fingerprint density at radius 3 is 2.62 bits per heavy atom. The molecule has 0 unspecified atom stereocenters. The zero-order chi connectivity index (χ0) is 11.7. The third-order valence-electron chi connectivity index (χ3n) is 2.64. The van der Waals surface area contributed by atoms with Crippen molar-refractivity contribution in [2.75, 3.05) is 0 Å². The predicted molar refractivity (Wildman–Crippen MR) is 65.3 cm³/mol. The fraction of sp³-hybridized carbons (Fsp3) is 0.250. The van der Waals surface area contributed by atoms with E-state index in [1.165, 1.54) is 11.1 Å². The van der Waals surface area contributed by atoms with Gasteiger partial charge in [0.25, 0.3) is 0 Å². The Morgan fingerprint density at radius 2 is 2.06 bits per heavy atom. The molecule has 2 rings (SSSR count).